The van der Waals surface area contributed by atoms with Crippen molar-refractivity contribution in [1.82, 2.24) is 0 Å². The lowest BCUT2D eigenvalue weighted by atomic mass is 9.61. The molecule has 0 amide bonds. The van der Waals surface area contributed by atoms with Gasteiger partial charge < -0.3 is 0 Å². The van der Waals surface area contributed by atoms with Gasteiger partial charge in [-0.15, -0.1) is 0 Å². The average molecular weight is 355 g/mol. The maximum absolute atomic E-state index is 4.49. The largest absolute Gasteiger partial charge is 0.0995 e. The van der Waals surface area contributed by atoms with Crippen LogP contribution in [0.4, 0.5) is 0 Å². The second-order valence-electron chi connectivity index (χ2n) is 9.33. The fraction of sp³-hybridized carbons (Fsp3) is 0.407. The maximum atomic E-state index is 4.49. The Kier molecular flexibility index (Phi) is 3.46. The Labute approximate surface area is 164 Å². The Morgan fingerprint density at radius 1 is 1.19 bits per heavy atom. The molecular formula is C27H30. The molecule has 0 bridgehead atoms. The molecule has 4 unspecified atom stereocenters. The third-order valence-electron chi connectivity index (χ3n) is 8.01. The van der Waals surface area contributed by atoms with Gasteiger partial charge in [-0.25, -0.2) is 0 Å². The van der Waals surface area contributed by atoms with E-state index in [0.717, 1.165) is 6.42 Å². The number of allylic oxidation sites excluding steroid dienone is 7. The molecule has 1 spiro atoms. The van der Waals surface area contributed by atoms with Crippen LogP contribution in [0, 0.1) is 17.8 Å². The predicted molar refractivity (Wildman–Crippen MR) is 115 cm³/mol. The number of rotatable bonds is 2. The van der Waals surface area contributed by atoms with Gasteiger partial charge in [-0.3, -0.25) is 0 Å². The zero-order valence-electron chi connectivity index (χ0n) is 16.9. The monoisotopic (exact) mass is 354 g/mol. The first kappa shape index (κ1) is 17.0. The van der Waals surface area contributed by atoms with Crippen LogP contribution in [0.3, 0.4) is 0 Å². The molecule has 4 aliphatic rings. The second kappa shape index (κ2) is 5.47. The van der Waals surface area contributed by atoms with E-state index in [1.54, 1.807) is 16.7 Å². The predicted octanol–water partition coefficient (Wildman–Crippen LogP) is 7.03. The SMILES string of the molecule is C=C1CC(=C)C2=C1C=C1C(C(=C)C)[C@H](CC)CC13c1ccccc1C(C)C23. The van der Waals surface area contributed by atoms with Crippen LogP contribution in [0.2, 0.25) is 0 Å². The summed E-state index contributed by atoms with van der Waals surface area (Å²) in [7, 11) is 0. The molecule has 0 heteroatoms. The second-order valence-corrected chi connectivity index (χ2v) is 9.33. The molecule has 0 saturated heterocycles. The van der Waals surface area contributed by atoms with E-state index in [9.17, 15) is 0 Å². The third kappa shape index (κ3) is 1.89. The minimum Gasteiger partial charge on any atom is -0.0995 e. The molecule has 0 radical (unpaired) electrons. The Hall–Kier alpha value is -2.08. The summed E-state index contributed by atoms with van der Waals surface area (Å²) in [6.07, 6.45) is 5.93. The Morgan fingerprint density at radius 2 is 1.93 bits per heavy atom. The summed E-state index contributed by atoms with van der Waals surface area (Å²) in [6, 6.07) is 9.23. The standard InChI is InChI=1S/C27H30/c1-7-19-14-27-22-11-9-8-10-20(22)18(6)26(27)25-17(5)12-16(4)21(25)13-23(27)24(19)15(2)3/h8-11,13,18-19,24,26H,2,4-5,7,12,14H2,1,3,6H3/t18?,19-,24?,26?,27?/m1/s1. The van der Waals surface area contributed by atoms with Crippen LogP contribution >= 0.6 is 0 Å². The van der Waals surface area contributed by atoms with E-state index < -0.39 is 0 Å². The van der Waals surface area contributed by atoms with Crippen molar-refractivity contribution >= 4 is 0 Å². The van der Waals surface area contributed by atoms with E-state index in [0.29, 0.717) is 23.7 Å². The summed E-state index contributed by atoms with van der Waals surface area (Å²) >= 11 is 0. The van der Waals surface area contributed by atoms with Crippen molar-refractivity contribution in [2.75, 3.05) is 0 Å². The van der Waals surface area contributed by atoms with Gasteiger partial charge in [0.05, 0.1) is 0 Å². The van der Waals surface area contributed by atoms with E-state index in [1.165, 1.54) is 40.7 Å². The van der Waals surface area contributed by atoms with E-state index >= 15 is 0 Å². The summed E-state index contributed by atoms with van der Waals surface area (Å²) in [5.41, 5.74) is 11.7. The molecule has 4 aliphatic carbocycles. The molecule has 0 heterocycles. The fourth-order valence-electron chi connectivity index (χ4n) is 7.14. The van der Waals surface area contributed by atoms with E-state index in [-0.39, 0.29) is 5.41 Å². The van der Waals surface area contributed by atoms with E-state index in [1.807, 2.05) is 0 Å². The Balaban J connectivity index is 1.85. The molecule has 1 saturated carbocycles. The number of benzene rings is 1. The van der Waals surface area contributed by atoms with Crippen LogP contribution in [0.5, 0.6) is 0 Å². The highest BCUT2D eigenvalue weighted by atomic mass is 14.6. The van der Waals surface area contributed by atoms with Gasteiger partial charge in [-0.1, -0.05) is 81.5 Å². The molecule has 27 heavy (non-hydrogen) atoms. The van der Waals surface area contributed by atoms with Crippen LogP contribution < -0.4 is 0 Å². The van der Waals surface area contributed by atoms with Gasteiger partial charge >= 0.3 is 0 Å². The van der Waals surface area contributed by atoms with Crippen LogP contribution in [0.1, 0.15) is 57.1 Å². The summed E-state index contributed by atoms with van der Waals surface area (Å²) in [6.45, 7) is 20.4. The van der Waals surface area contributed by atoms with E-state index in [2.05, 4.69) is 70.8 Å². The third-order valence-corrected chi connectivity index (χ3v) is 8.01. The first-order valence-corrected chi connectivity index (χ1v) is 10.5. The molecule has 0 N–H and O–H groups in total. The van der Waals surface area contributed by atoms with Crippen molar-refractivity contribution in [2.24, 2.45) is 17.8 Å². The minimum atomic E-state index is 0.132. The molecule has 1 aromatic rings. The van der Waals surface area contributed by atoms with Crippen molar-refractivity contribution in [1.29, 1.82) is 0 Å². The molecule has 0 nitrogen and oxygen atoms in total. The van der Waals surface area contributed by atoms with Gasteiger partial charge in [-0.2, -0.15) is 0 Å². The molecular weight excluding hydrogens is 324 g/mol. The minimum absolute atomic E-state index is 0.132. The van der Waals surface area contributed by atoms with Crippen LogP contribution in [0.15, 0.2) is 83.5 Å². The van der Waals surface area contributed by atoms with Crippen molar-refractivity contribution < 1.29 is 0 Å². The van der Waals surface area contributed by atoms with Crippen LogP contribution in [0.25, 0.3) is 0 Å². The van der Waals surface area contributed by atoms with Crippen molar-refractivity contribution in [3.8, 4) is 0 Å². The van der Waals surface area contributed by atoms with Crippen LogP contribution in [-0.2, 0) is 5.41 Å². The summed E-state index contributed by atoms with van der Waals surface area (Å²) in [5, 5.41) is 0. The highest BCUT2D eigenvalue weighted by molar-refractivity contribution is 5.70. The van der Waals surface area contributed by atoms with Crippen LogP contribution in [-0.4, -0.2) is 0 Å². The van der Waals surface area contributed by atoms with Gasteiger partial charge in [0.25, 0.3) is 0 Å². The lowest BCUT2D eigenvalue weighted by Gasteiger charge is -2.41. The molecule has 5 rings (SSSR count). The van der Waals surface area contributed by atoms with Crippen molar-refractivity contribution in [3.63, 3.8) is 0 Å². The van der Waals surface area contributed by atoms with E-state index in [4.69, 9.17) is 0 Å². The van der Waals surface area contributed by atoms with Crippen molar-refractivity contribution in [2.45, 2.75) is 51.4 Å². The summed E-state index contributed by atoms with van der Waals surface area (Å²) < 4.78 is 0. The quantitative estimate of drug-likeness (QED) is 0.500. The van der Waals surface area contributed by atoms with Crippen molar-refractivity contribution in [3.05, 3.63) is 94.6 Å². The summed E-state index contributed by atoms with van der Waals surface area (Å²) in [4.78, 5) is 0. The highest BCUT2D eigenvalue weighted by Gasteiger charge is 2.62. The molecule has 5 atom stereocenters. The smallest absolute Gasteiger partial charge is 0.0251 e. The normalized spacial score (nSPS) is 36.3. The lowest BCUT2D eigenvalue weighted by molar-refractivity contribution is 0.331. The molecule has 0 aromatic heterocycles. The zero-order chi connectivity index (χ0) is 19.1. The average Bonchev–Trinajstić information content (AvgIpc) is 3.22. The molecule has 0 aliphatic heterocycles. The zero-order valence-corrected chi connectivity index (χ0v) is 16.9. The van der Waals surface area contributed by atoms with Gasteiger partial charge in [0.15, 0.2) is 0 Å². The topological polar surface area (TPSA) is 0 Å². The number of hydrogen-bond donors (Lipinski definition) is 0. The molecule has 1 fully saturated rings. The molecule has 1 aromatic carbocycles. The highest BCUT2D eigenvalue weighted by Crippen LogP contribution is 2.70. The number of hydrogen-bond acceptors (Lipinski definition) is 0. The maximum Gasteiger partial charge on any atom is 0.0251 e. The lowest BCUT2D eigenvalue weighted by Crippen LogP contribution is -2.36. The fourth-order valence-corrected chi connectivity index (χ4v) is 7.14. The number of fused-ring (bicyclic) bond motifs is 2. The molecule has 138 valence electrons. The van der Waals surface area contributed by atoms with Gasteiger partial charge in [0, 0.05) is 17.3 Å². The Morgan fingerprint density at radius 3 is 2.63 bits per heavy atom. The summed E-state index contributed by atoms with van der Waals surface area (Å²) in [5.74, 6) is 2.21. The van der Waals surface area contributed by atoms with Gasteiger partial charge in [-0.05, 0) is 65.0 Å². The first-order chi connectivity index (χ1) is 12.9. The van der Waals surface area contributed by atoms with Gasteiger partial charge in [0.1, 0.15) is 0 Å². The van der Waals surface area contributed by atoms with Gasteiger partial charge in [0.2, 0.25) is 0 Å². The first-order valence-electron chi connectivity index (χ1n) is 10.5. The Bertz CT molecular complexity index is 966.